The maximum Gasteiger partial charge on any atom is 0.245 e. The predicted molar refractivity (Wildman–Crippen MR) is 108 cm³/mol. The standard InChI is InChI=1S/C22H36N2O2/c1-17(2)12-13-21(25)24(6)20(16-19-10-8-7-9-11-19)22(26)23(5)15-14-18(3)4/h7-11,17-18,20H,12-16H2,1-6H3/t20-/m0/s1. The van der Waals surface area contributed by atoms with Gasteiger partial charge in [0.2, 0.25) is 11.8 Å². The van der Waals surface area contributed by atoms with Crippen LogP contribution in [0.3, 0.4) is 0 Å². The minimum Gasteiger partial charge on any atom is -0.344 e. The number of nitrogens with zero attached hydrogens (tertiary/aromatic N) is 2. The van der Waals surface area contributed by atoms with Crippen molar-refractivity contribution in [1.29, 1.82) is 0 Å². The van der Waals surface area contributed by atoms with Crippen molar-refractivity contribution in [1.82, 2.24) is 9.80 Å². The molecule has 0 aromatic heterocycles. The Balaban J connectivity index is 2.90. The van der Waals surface area contributed by atoms with Gasteiger partial charge in [-0.25, -0.2) is 0 Å². The molecule has 0 aliphatic heterocycles. The summed E-state index contributed by atoms with van der Waals surface area (Å²) in [7, 11) is 3.61. The molecule has 1 aromatic carbocycles. The van der Waals surface area contributed by atoms with Gasteiger partial charge in [-0.15, -0.1) is 0 Å². The van der Waals surface area contributed by atoms with E-state index < -0.39 is 6.04 Å². The average molecular weight is 361 g/mol. The lowest BCUT2D eigenvalue weighted by Gasteiger charge is -2.31. The minimum atomic E-state index is -0.450. The summed E-state index contributed by atoms with van der Waals surface area (Å²) in [5, 5.41) is 0. The van der Waals surface area contributed by atoms with Crippen LogP contribution in [0.5, 0.6) is 0 Å². The van der Waals surface area contributed by atoms with E-state index in [-0.39, 0.29) is 11.8 Å². The molecule has 0 radical (unpaired) electrons. The largest absolute Gasteiger partial charge is 0.344 e. The Hall–Kier alpha value is -1.84. The number of hydrogen-bond acceptors (Lipinski definition) is 2. The van der Waals surface area contributed by atoms with Crippen molar-refractivity contribution in [2.45, 2.75) is 59.4 Å². The predicted octanol–water partition coefficient (Wildman–Crippen LogP) is 4.00. The van der Waals surface area contributed by atoms with Gasteiger partial charge in [0.25, 0.3) is 0 Å². The van der Waals surface area contributed by atoms with Crippen molar-refractivity contribution in [3.8, 4) is 0 Å². The summed E-state index contributed by atoms with van der Waals surface area (Å²) in [4.78, 5) is 29.1. The first-order valence-corrected chi connectivity index (χ1v) is 9.76. The molecule has 0 N–H and O–H groups in total. The van der Waals surface area contributed by atoms with Crippen LogP contribution < -0.4 is 0 Å². The summed E-state index contributed by atoms with van der Waals surface area (Å²) in [5.74, 6) is 1.09. The Morgan fingerprint density at radius 2 is 1.50 bits per heavy atom. The van der Waals surface area contributed by atoms with E-state index in [4.69, 9.17) is 0 Å². The third-order valence-electron chi connectivity index (χ3n) is 4.77. The van der Waals surface area contributed by atoms with Crippen molar-refractivity contribution < 1.29 is 9.59 Å². The van der Waals surface area contributed by atoms with Crippen LogP contribution in [0.15, 0.2) is 30.3 Å². The van der Waals surface area contributed by atoms with Gasteiger partial charge in [-0.2, -0.15) is 0 Å². The van der Waals surface area contributed by atoms with Crippen LogP contribution in [0.1, 0.15) is 52.5 Å². The normalized spacial score (nSPS) is 12.3. The number of carbonyl (C=O) groups excluding carboxylic acids is 2. The number of amides is 2. The molecule has 4 nitrogen and oxygen atoms in total. The van der Waals surface area contributed by atoms with E-state index in [1.54, 1.807) is 16.8 Å². The first-order valence-electron chi connectivity index (χ1n) is 9.76. The third kappa shape index (κ3) is 7.59. The number of likely N-dealkylation sites (N-methyl/N-ethyl adjacent to an activating group) is 2. The highest BCUT2D eigenvalue weighted by atomic mass is 16.2. The lowest BCUT2D eigenvalue weighted by molar-refractivity contribution is -0.143. The maximum atomic E-state index is 13.1. The van der Waals surface area contributed by atoms with Gasteiger partial charge >= 0.3 is 0 Å². The summed E-state index contributed by atoms with van der Waals surface area (Å²) in [6.07, 6.45) is 2.85. The third-order valence-corrected chi connectivity index (χ3v) is 4.77. The molecule has 1 aromatic rings. The first kappa shape index (κ1) is 22.2. The lowest BCUT2D eigenvalue weighted by Crippen LogP contribution is -2.49. The van der Waals surface area contributed by atoms with Gasteiger partial charge in [-0.05, 0) is 30.2 Å². The Kier molecular flexibility index (Phi) is 9.39. The molecule has 0 spiro atoms. The molecule has 146 valence electrons. The molecule has 0 saturated heterocycles. The van der Waals surface area contributed by atoms with Crippen molar-refractivity contribution in [2.24, 2.45) is 11.8 Å². The van der Waals surface area contributed by atoms with Gasteiger partial charge in [0.05, 0.1) is 0 Å². The number of carbonyl (C=O) groups is 2. The van der Waals surface area contributed by atoms with Crippen molar-refractivity contribution in [3.05, 3.63) is 35.9 Å². The zero-order valence-electron chi connectivity index (χ0n) is 17.4. The van der Waals surface area contributed by atoms with E-state index >= 15 is 0 Å². The monoisotopic (exact) mass is 360 g/mol. The molecule has 1 rings (SSSR count). The Labute approximate surface area is 159 Å². The average Bonchev–Trinajstić information content (AvgIpc) is 2.61. The molecular weight excluding hydrogens is 324 g/mol. The maximum absolute atomic E-state index is 13.1. The second-order valence-electron chi connectivity index (χ2n) is 8.09. The van der Waals surface area contributed by atoms with Crippen LogP contribution in [0.25, 0.3) is 0 Å². The summed E-state index contributed by atoms with van der Waals surface area (Å²) in [6, 6.07) is 9.49. The Morgan fingerprint density at radius 3 is 2.04 bits per heavy atom. The van der Waals surface area contributed by atoms with E-state index in [1.807, 2.05) is 37.4 Å². The van der Waals surface area contributed by atoms with Crippen molar-refractivity contribution in [2.75, 3.05) is 20.6 Å². The topological polar surface area (TPSA) is 40.6 Å². The van der Waals surface area contributed by atoms with Crippen molar-refractivity contribution in [3.63, 3.8) is 0 Å². The van der Waals surface area contributed by atoms with Gasteiger partial charge < -0.3 is 9.80 Å². The molecule has 0 aliphatic carbocycles. The summed E-state index contributed by atoms with van der Waals surface area (Å²) >= 11 is 0. The van der Waals surface area contributed by atoms with Gasteiger partial charge in [0, 0.05) is 33.5 Å². The van der Waals surface area contributed by atoms with Gasteiger partial charge in [0.1, 0.15) is 6.04 Å². The summed E-state index contributed by atoms with van der Waals surface area (Å²) in [5.41, 5.74) is 1.08. The molecule has 0 bridgehead atoms. The lowest BCUT2D eigenvalue weighted by atomic mass is 10.0. The molecule has 0 aliphatic rings. The molecule has 26 heavy (non-hydrogen) atoms. The second kappa shape index (κ2) is 11.0. The molecule has 0 saturated carbocycles. The van der Waals surface area contributed by atoms with Crippen LogP contribution in [0.4, 0.5) is 0 Å². The number of benzene rings is 1. The highest BCUT2D eigenvalue weighted by Crippen LogP contribution is 2.14. The van der Waals surface area contributed by atoms with E-state index in [0.29, 0.717) is 24.7 Å². The molecular formula is C22H36N2O2. The van der Waals surface area contributed by atoms with Crippen LogP contribution in [-0.2, 0) is 16.0 Å². The Bertz CT molecular complexity index is 555. The number of rotatable bonds is 10. The quantitative estimate of drug-likeness (QED) is 0.633. The minimum absolute atomic E-state index is 0.0231. The molecule has 4 heteroatoms. The zero-order valence-corrected chi connectivity index (χ0v) is 17.4. The van der Waals surface area contributed by atoms with Crippen LogP contribution >= 0.6 is 0 Å². The Morgan fingerprint density at radius 1 is 0.923 bits per heavy atom. The highest BCUT2D eigenvalue weighted by molar-refractivity contribution is 5.87. The SMILES string of the molecule is CC(C)CCC(=O)N(C)[C@@H](Cc1ccccc1)C(=O)N(C)CCC(C)C. The van der Waals surface area contributed by atoms with Gasteiger partial charge in [0.15, 0.2) is 0 Å². The highest BCUT2D eigenvalue weighted by Gasteiger charge is 2.29. The number of hydrogen-bond donors (Lipinski definition) is 0. The van der Waals surface area contributed by atoms with E-state index in [0.717, 1.165) is 24.9 Å². The second-order valence-corrected chi connectivity index (χ2v) is 8.09. The molecule has 1 atom stereocenters. The van der Waals surface area contributed by atoms with Gasteiger partial charge in [-0.3, -0.25) is 9.59 Å². The molecule has 0 fully saturated rings. The molecule has 0 unspecified atom stereocenters. The fraction of sp³-hybridized carbons (Fsp3) is 0.636. The smallest absolute Gasteiger partial charge is 0.245 e. The van der Waals surface area contributed by atoms with E-state index in [2.05, 4.69) is 27.7 Å². The molecule has 0 heterocycles. The summed E-state index contributed by atoms with van der Waals surface area (Å²) < 4.78 is 0. The van der Waals surface area contributed by atoms with Crippen LogP contribution in [0, 0.1) is 11.8 Å². The summed E-state index contributed by atoms with van der Waals surface area (Å²) in [6.45, 7) is 9.25. The fourth-order valence-corrected chi connectivity index (χ4v) is 2.81. The fourth-order valence-electron chi connectivity index (χ4n) is 2.81. The van der Waals surface area contributed by atoms with E-state index in [1.165, 1.54) is 0 Å². The van der Waals surface area contributed by atoms with Crippen LogP contribution in [-0.4, -0.2) is 48.3 Å². The molecule has 2 amide bonds. The van der Waals surface area contributed by atoms with E-state index in [9.17, 15) is 9.59 Å². The first-order chi connectivity index (χ1) is 12.2. The van der Waals surface area contributed by atoms with Crippen molar-refractivity contribution >= 4 is 11.8 Å². The van der Waals surface area contributed by atoms with Crippen LogP contribution in [0.2, 0.25) is 0 Å². The zero-order chi connectivity index (χ0) is 19.7. The van der Waals surface area contributed by atoms with Gasteiger partial charge in [-0.1, -0.05) is 58.0 Å².